The first-order chi connectivity index (χ1) is 14.2. The molecular weight excluding hydrogens is 364 g/mol. The first-order valence-electron chi connectivity index (χ1n) is 9.88. The van der Waals surface area contributed by atoms with Crippen molar-refractivity contribution < 1.29 is 19.0 Å². The second-order valence-electron chi connectivity index (χ2n) is 7.14. The molecule has 0 saturated carbocycles. The maximum Gasteiger partial charge on any atom is 0.308 e. The molecule has 4 nitrogen and oxygen atoms in total. The lowest BCUT2D eigenvalue weighted by molar-refractivity contribution is -0.132. The van der Waals surface area contributed by atoms with Crippen LogP contribution in [0.3, 0.4) is 0 Å². The summed E-state index contributed by atoms with van der Waals surface area (Å²) in [6.07, 6.45) is 0.721. The Morgan fingerprint density at radius 2 is 1.62 bits per heavy atom. The minimum atomic E-state index is -0.345. The molecule has 148 valence electrons. The standard InChI is InChI=1S/C25H24O4/c1-18(26)29-23-14-8-13-22-21(17-28-25(22)23)15-16-27-24(19-9-4-2-5-10-19)20-11-6-3-7-12-20/h2-14,21,24H,15-17H2,1H3. The average molecular weight is 388 g/mol. The van der Waals surface area contributed by atoms with Crippen LogP contribution in [0.25, 0.3) is 0 Å². The van der Waals surface area contributed by atoms with Crippen molar-refractivity contribution in [1.82, 2.24) is 0 Å². The van der Waals surface area contributed by atoms with Crippen LogP contribution in [0.2, 0.25) is 0 Å². The predicted octanol–water partition coefficient (Wildman–Crippen LogP) is 5.28. The Bertz CT molecular complexity index is 914. The number of ether oxygens (including phenoxy) is 3. The Labute approximate surface area is 171 Å². The minimum Gasteiger partial charge on any atom is -0.489 e. The molecule has 3 aromatic carbocycles. The van der Waals surface area contributed by atoms with Crippen molar-refractivity contribution in [1.29, 1.82) is 0 Å². The number of rotatable bonds is 7. The molecule has 3 aromatic rings. The van der Waals surface area contributed by atoms with Crippen LogP contribution in [-0.4, -0.2) is 19.2 Å². The number of fused-ring (bicyclic) bond motifs is 1. The van der Waals surface area contributed by atoms with Crippen LogP contribution in [0, 0.1) is 0 Å². The molecule has 1 aliphatic heterocycles. The number of carbonyl (C=O) groups excluding carboxylic acids is 1. The summed E-state index contributed by atoms with van der Waals surface area (Å²) >= 11 is 0. The van der Waals surface area contributed by atoms with Gasteiger partial charge in [0.2, 0.25) is 0 Å². The third kappa shape index (κ3) is 4.49. The molecule has 0 N–H and O–H groups in total. The molecule has 0 spiro atoms. The highest BCUT2D eigenvalue weighted by molar-refractivity contribution is 5.71. The van der Waals surface area contributed by atoms with Gasteiger partial charge in [-0.2, -0.15) is 0 Å². The SMILES string of the molecule is CC(=O)Oc1cccc2c1OCC2CCOC(c1ccccc1)c1ccccc1. The zero-order valence-corrected chi connectivity index (χ0v) is 16.4. The molecule has 29 heavy (non-hydrogen) atoms. The lowest BCUT2D eigenvalue weighted by Crippen LogP contribution is -2.11. The van der Waals surface area contributed by atoms with Gasteiger partial charge in [0.25, 0.3) is 0 Å². The highest BCUT2D eigenvalue weighted by atomic mass is 16.6. The molecule has 4 heteroatoms. The van der Waals surface area contributed by atoms with E-state index in [1.54, 1.807) is 6.07 Å². The van der Waals surface area contributed by atoms with Crippen LogP contribution in [0.5, 0.6) is 11.5 Å². The van der Waals surface area contributed by atoms with E-state index in [2.05, 4.69) is 24.3 Å². The van der Waals surface area contributed by atoms with Crippen molar-refractivity contribution in [2.75, 3.05) is 13.2 Å². The number of hydrogen-bond donors (Lipinski definition) is 0. The van der Waals surface area contributed by atoms with Gasteiger partial charge in [0.15, 0.2) is 11.5 Å². The van der Waals surface area contributed by atoms with E-state index in [1.807, 2.05) is 48.5 Å². The number of esters is 1. The lowest BCUT2D eigenvalue weighted by Gasteiger charge is -2.20. The Morgan fingerprint density at radius 1 is 0.966 bits per heavy atom. The van der Waals surface area contributed by atoms with Gasteiger partial charge in [-0.1, -0.05) is 72.8 Å². The van der Waals surface area contributed by atoms with Crippen LogP contribution < -0.4 is 9.47 Å². The zero-order chi connectivity index (χ0) is 20.1. The fourth-order valence-corrected chi connectivity index (χ4v) is 3.73. The molecule has 4 rings (SSSR count). The van der Waals surface area contributed by atoms with Crippen molar-refractivity contribution in [3.8, 4) is 11.5 Å². The third-order valence-electron chi connectivity index (χ3n) is 5.09. The van der Waals surface area contributed by atoms with E-state index < -0.39 is 0 Å². The number of benzene rings is 3. The van der Waals surface area contributed by atoms with Gasteiger partial charge in [0.05, 0.1) is 6.61 Å². The summed E-state index contributed by atoms with van der Waals surface area (Å²) in [6.45, 7) is 2.56. The summed E-state index contributed by atoms with van der Waals surface area (Å²) in [6, 6.07) is 26.2. The first-order valence-corrected chi connectivity index (χ1v) is 9.88. The Balaban J connectivity index is 1.45. The molecule has 1 heterocycles. The Morgan fingerprint density at radius 3 is 2.24 bits per heavy atom. The van der Waals surface area contributed by atoms with Gasteiger partial charge in [0.1, 0.15) is 6.10 Å². The van der Waals surface area contributed by atoms with E-state index >= 15 is 0 Å². The average Bonchev–Trinajstić information content (AvgIpc) is 3.16. The van der Waals surface area contributed by atoms with Crippen LogP contribution >= 0.6 is 0 Å². The summed E-state index contributed by atoms with van der Waals surface area (Å²) in [5.74, 6) is 1.04. The fourth-order valence-electron chi connectivity index (χ4n) is 3.73. The maximum absolute atomic E-state index is 11.3. The van der Waals surface area contributed by atoms with E-state index in [1.165, 1.54) is 6.92 Å². The Hall–Kier alpha value is -3.11. The van der Waals surface area contributed by atoms with Gasteiger partial charge in [-0.05, 0) is 23.6 Å². The van der Waals surface area contributed by atoms with Gasteiger partial charge < -0.3 is 14.2 Å². The smallest absolute Gasteiger partial charge is 0.308 e. The molecule has 0 aliphatic carbocycles. The highest BCUT2D eigenvalue weighted by Gasteiger charge is 2.28. The molecule has 0 bridgehead atoms. The van der Waals surface area contributed by atoms with E-state index in [0.29, 0.717) is 24.7 Å². The summed E-state index contributed by atoms with van der Waals surface area (Å²) in [4.78, 5) is 11.3. The van der Waals surface area contributed by atoms with Crippen molar-refractivity contribution in [3.63, 3.8) is 0 Å². The lowest BCUT2D eigenvalue weighted by atomic mass is 9.97. The number of para-hydroxylation sites is 1. The topological polar surface area (TPSA) is 44.8 Å². The van der Waals surface area contributed by atoms with E-state index in [9.17, 15) is 4.79 Å². The Kier molecular flexibility index (Phi) is 5.92. The van der Waals surface area contributed by atoms with Crippen molar-refractivity contribution in [2.45, 2.75) is 25.4 Å². The first kappa shape index (κ1) is 19.2. The minimum absolute atomic E-state index is 0.105. The third-order valence-corrected chi connectivity index (χ3v) is 5.09. The second-order valence-corrected chi connectivity index (χ2v) is 7.14. The quantitative estimate of drug-likeness (QED) is 0.408. The van der Waals surface area contributed by atoms with Gasteiger partial charge in [-0.25, -0.2) is 0 Å². The maximum atomic E-state index is 11.3. The predicted molar refractivity (Wildman–Crippen MR) is 111 cm³/mol. The molecule has 1 aliphatic rings. The number of hydrogen-bond acceptors (Lipinski definition) is 4. The van der Waals surface area contributed by atoms with E-state index in [0.717, 1.165) is 23.1 Å². The fraction of sp³-hybridized carbons (Fsp3) is 0.240. The summed E-state index contributed by atoms with van der Waals surface area (Å²) in [5.41, 5.74) is 3.35. The van der Waals surface area contributed by atoms with Gasteiger partial charge in [0, 0.05) is 25.0 Å². The molecule has 0 fully saturated rings. The zero-order valence-electron chi connectivity index (χ0n) is 16.4. The molecular formula is C25H24O4. The van der Waals surface area contributed by atoms with Crippen LogP contribution in [0.4, 0.5) is 0 Å². The molecule has 1 atom stereocenters. The van der Waals surface area contributed by atoms with E-state index in [-0.39, 0.29) is 18.0 Å². The van der Waals surface area contributed by atoms with Crippen LogP contribution in [0.1, 0.15) is 42.1 Å². The summed E-state index contributed by atoms with van der Waals surface area (Å²) in [7, 11) is 0. The van der Waals surface area contributed by atoms with Gasteiger partial charge in [-0.15, -0.1) is 0 Å². The van der Waals surface area contributed by atoms with E-state index in [4.69, 9.17) is 14.2 Å². The van der Waals surface area contributed by atoms with Gasteiger partial charge >= 0.3 is 5.97 Å². The van der Waals surface area contributed by atoms with Crippen molar-refractivity contribution in [3.05, 3.63) is 95.6 Å². The van der Waals surface area contributed by atoms with Crippen LogP contribution in [-0.2, 0) is 9.53 Å². The van der Waals surface area contributed by atoms with Crippen molar-refractivity contribution >= 4 is 5.97 Å². The molecule has 0 aromatic heterocycles. The largest absolute Gasteiger partial charge is 0.489 e. The molecule has 0 saturated heterocycles. The van der Waals surface area contributed by atoms with Gasteiger partial charge in [-0.3, -0.25) is 4.79 Å². The number of carbonyl (C=O) groups is 1. The van der Waals surface area contributed by atoms with Crippen molar-refractivity contribution in [2.24, 2.45) is 0 Å². The monoisotopic (exact) mass is 388 g/mol. The molecule has 0 radical (unpaired) electrons. The normalized spacial score (nSPS) is 15.0. The van der Waals surface area contributed by atoms with Crippen LogP contribution in [0.15, 0.2) is 78.9 Å². The molecule has 1 unspecified atom stereocenters. The molecule has 0 amide bonds. The summed E-state index contributed by atoms with van der Waals surface area (Å²) < 4.78 is 17.5. The second kappa shape index (κ2) is 8.93. The summed E-state index contributed by atoms with van der Waals surface area (Å²) in [5, 5.41) is 0. The highest BCUT2D eigenvalue weighted by Crippen LogP contribution is 2.42.